The maximum Gasteiger partial charge on any atom is 0.303 e. The van der Waals surface area contributed by atoms with Gasteiger partial charge < -0.3 is 15.4 Å². The summed E-state index contributed by atoms with van der Waals surface area (Å²) < 4.78 is 50.7. The first-order valence-corrected chi connectivity index (χ1v) is 12.8. The van der Waals surface area contributed by atoms with Crippen molar-refractivity contribution in [1.82, 2.24) is 9.29 Å². The van der Waals surface area contributed by atoms with Gasteiger partial charge in [0, 0.05) is 49.4 Å². The molecule has 3 rings (SSSR count). The zero-order valence-electron chi connectivity index (χ0n) is 17.9. The molecule has 1 amide bonds. The third kappa shape index (κ3) is 4.33. The normalized spacial score (nSPS) is 15.3. The third-order valence-corrected chi connectivity index (χ3v) is 8.17. The molecule has 0 atom stereocenters. The molecule has 0 saturated carbocycles. The molecule has 0 saturated heterocycles. The lowest BCUT2D eigenvalue weighted by atomic mass is 10.0. The number of nitrogens with zero attached hydrogens (tertiary/aromatic N) is 1. The van der Waals surface area contributed by atoms with Gasteiger partial charge in [-0.05, 0) is 43.2 Å². The fourth-order valence-corrected chi connectivity index (χ4v) is 5.81. The average molecular weight is 482 g/mol. The van der Waals surface area contributed by atoms with E-state index in [1.807, 2.05) is 0 Å². The molecule has 1 aromatic carbocycles. The van der Waals surface area contributed by atoms with Crippen molar-refractivity contribution in [3.05, 3.63) is 40.7 Å². The number of nitrogens with one attached hydrogen (secondary N) is 2. The summed E-state index contributed by atoms with van der Waals surface area (Å²) in [5, 5.41) is 11.7. The molecular formula is C20H23N3O7S2. The fourth-order valence-electron chi connectivity index (χ4n) is 3.61. The minimum absolute atomic E-state index is 0.00533. The van der Waals surface area contributed by atoms with Crippen LogP contribution in [0.4, 0.5) is 5.69 Å². The molecule has 3 N–H and O–H groups in total. The molecule has 2 aromatic rings. The predicted octanol–water partition coefficient (Wildman–Crippen LogP) is 1.49. The molecule has 32 heavy (non-hydrogen) atoms. The Morgan fingerprint density at radius 3 is 2.41 bits per heavy atom. The Kier molecular flexibility index (Phi) is 6.06. The molecule has 12 heteroatoms. The van der Waals surface area contributed by atoms with Gasteiger partial charge in [-0.2, -0.15) is 0 Å². The summed E-state index contributed by atoms with van der Waals surface area (Å²) in [5.41, 5.74) is 1.75. The molecule has 0 unspecified atom stereocenters. The maximum absolute atomic E-state index is 12.6. The first kappa shape index (κ1) is 23.7. The number of aliphatic carboxylic acids is 1. The summed E-state index contributed by atoms with van der Waals surface area (Å²) in [6.45, 7) is 1.55. The van der Waals surface area contributed by atoms with Crippen LogP contribution in [0.15, 0.2) is 28.0 Å². The standard InChI is InChI=1S/C20H23N3O7S2/c1-11-19(31(4,27)28)13(6-8-18(24)25)17(21-11)10-15-14-9-12(32(29,30)23(2)3)5-7-16(14)22-20(15)26/h5,7,9-10,21H,6,8H2,1-4H3,(H,22,26)(H,24,25). The topological polar surface area (TPSA) is 154 Å². The van der Waals surface area contributed by atoms with E-state index < -0.39 is 31.7 Å². The Labute approximate surface area is 185 Å². The van der Waals surface area contributed by atoms with E-state index in [0.29, 0.717) is 16.9 Å². The van der Waals surface area contributed by atoms with E-state index in [9.17, 15) is 26.4 Å². The molecule has 0 radical (unpaired) electrons. The number of carboxylic acid groups (broad SMARTS) is 1. The van der Waals surface area contributed by atoms with Gasteiger partial charge in [0.05, 0.1) is 15.4 Å². The van der Waals surface area contributed by atoms with Crippen molar-refractivity contribution in [2.24, 2.45) is 0 Å². The molecule has 0 aliphatic carbocycles. The van der Waals surface area contributed by atoms with Crippen LogP contribution in [0.3, 0.4) is 0 Å². The second-order valence-corrected chi connectivity index (χ2v) is 11.7. The first-order chi connectivity index (χ1) is 14.7. The summed E-state index contributed by atoms with van der Waals surface area (Å²) in [6, 6.07) is 4.24. The number of benzene rings is 1. The fraction of sp³-hybridized carbons (Fsp3) is 0.300. The number of aryl methyl sites for hydroxylation is 1. The molecule has 0 bridgehead atoms. The highest BCUT2D eigenvalue weighted by molar-refractivity contribution is 7.90. The number of carbonyl (C=O) groups is 2. The minimum atomic E-state index is -3.75. The van der Waals surface area contributed by atoms with E-state index in [-0.39, 0.29) is 39.5 Å². The number of aromatic nitrogens is 1. The number of hydrogen-bond acceptors (Lipinski definition) is 6. The van der Waals surface area contributed by atoms with Crippen LogP contribution in [0, 0.1) is 6.92 Å². The molecular weight excluding hydrogens is 458 g/mol. The van der Waals surface area contributed by atoms with Gasteiger partial charge in [-0.15, -0.1) is 0 Å². The van der Waals surface area contributed by atoms with Gasteiger partial charge >= 0.3 is 5.97 Å². The second kappa shape index (κ2) is 8.19. The zero-order valence-corrected chi connectivity index (χ0v) is 19.5. The Morgan fingerprint density at radius 1 is 1.19 bits per heavy atom. The van der Waals surface area contributed by atoms with Crippen LogP contribution in [0.5, 0.6) is 0 Å². The second-order valence-electron chi connectivity index (χ2n) is 7.64. The average Bonchev–Trinajstić information content (AvgIpc) is 3.15. The van der Waals surface area contributed by atoms with E-state index in [1.165, 1.54) is 38.4 Å². The summed E-state index contributed by atoms with van der Waals surface area (Å²) in [6.07, 6.45) is 2.08. The molecule has 10 nitrogen and oxygen atoms in total. The molecule has 1 aliphatic rings. The first-order valence-electron chi connectivity index (χ1n) is 9.46. The summed E-state index contributed by atoms with van der Waals surface area (Å²) in [4.78, 5) is 26.6. The number of sulfone groups is 1. The number of carbonyl (C=O) groups excluding carboxylic acids is 1. The minimum Gasteiger partial charge on any atom is -0.481 e. The number of carboxylic acids is 1. The van der Waals surface area contributed by atoms with Crippen molar-refractivity contribution >= 4 is 49.1 Å². The largest absolute Gasteiger partial charge is 0.481 e. The van der Waals surface area contributed by atoms with Crippen LogP contribution < -0.4 is 5.32 Å². The smallest absolute Gasteiger partial charge is 0.303 e. The number of amides is 1. The van der Waals surface area contributed by atoms with Gasteiger partial charge in [0.15, 0.2) is 9.84 Å². The number of anilines is 1. The Balaban J connectivity index is 2.20. The van der Waals surface area contributed by atoms with Gasteiger partial charge in [0.2, 0.25) is 10.0 Å². The summed E-state index contributed by atoms with van der Waals surface area (Å²) >= 11 is 0. The van der Waals surface area contributed by atoms with Crippen LogP contribution in [0.2, 0.25) is 0 Å². The van der Waals surface area contributed by atoms with Gasteiger partial charge in [-0.3, -0.25) is 9.59 Å². The van der Waals surface area contributed by atoms with Crippen LogP contribution in [0.25, 0.3) is 11.6 Å². The van der Waals surface area contributed by atoms with Crippen molar-refractivity contribution in [2.75, 3.05) is 25.7 Å². The van der Waals surface area contributed by atoms with Gasteiger partial charge in [0.1, 0.15) is 0 Å². The lowest BCUT2D eigenvalue weighted by Gasteiger charge is -2.12. The van der Waals surface area contributed by atoms with E-state index in [1.54, 1.807) is 6.92 Å². The third-order valence-electron chi connectivity index (χ3n) is 5.06. The number of rotatable bonds is 7. The highest BCUT2D eigenvalue weighted by atomic mass is 32.2. The Bertz CT molecular complexity index is 1370. The van der Waals surface area contributed by atoms with Crippen molar-refractivity contribution in [1.29, 1.82) is 0 Å². The SMILES string of the molecule is Cc1[nH]c(C=C2C(=O)Nc3ccc(S(=O)(=O)N(C)C)cc32)c(CCC(=O)O)c1S(C)(=O)=O. The van der Waals surface area contributed by atoms with Crippen LogP contribution >= 0.6 is 0 Å². The predicted molar refractivity (Wildman–Crippen MR) is 118 cm³/mol. The van der Waals surface area contributed by atoms with Gasteiger partial charge in [0.25, 0.3) is 5.91 Å². The van der Waals surface area contributed by atoms with Crippen LogP contribution in [0.1, 0.15) is 28.9 Å². The highest BCUT2D eigenvalue weighted by Crippen LogP contribution is 2.36. The van der Waals surface area contributed by atoms with E-state index in [4.69, 9.17) is 5.11 Å². The van der Waals surface area contributed by atoms with E-state index >= 15 is 0 Å². The number of fused-ring (bicyclic) bond motifs is 1. The summed E-state index contributed by atoms with van der Waals surface area (Å²) in [7, 11) is -4.63. The van der Waals surface area contributed by atoms with E-state index in [2.05, 4.69) is 10.3 Å². The molecule has 2 heterocycles. The Hall–Kier alpha value is -2.96. The molecule has 1 aromatic heterocycles. The van der Waals surface area contributed by atoms with Gasteiger partial charge in [-0.25, -0.2) is 21.1 Å². The quantitative estimate of drug-likeness (QED) is 0.506. The van der Waals surface area contributed by atoms with Crippen molar-refractivity contribution < 1.29 is 31.5 Å². The van der Waals surface area contributed by atoms with Crippen LogP contribution in [-0.2, 0) is 35.9 Å². The Morgan fingerprint density at radius 2 is 1.84 bits per heavy atom. The zero-order chi connectivity index (χ0) is 24.0. The number of aromatic amines is 1. The lowest BCUT2D eigenvalue weighted by molar-refractivity contribution is -0.137. The lowest BCUT2D eigenvalue weighted by Crippen LogP contribution is -2.22. The monoisotopic (exact) mass is 481 g/mol. The molecule has 1 aliphatic heterocycles. The number of sulfonamides is 1. The molecule has 0 fully saturated rings. The maximum atomic E-state index is 12.6. The van der Waals surface area contributed by atoms with Crippen molar-refractivity contribution in [3.63, 3.8) is 0 Å². The molecule has 0 spiro atoms. The summed E-state index contributed by atoms with van der Waals surface area (Å²) in [5.74, 6) is -1.58. The number of hydrogen-bond donors (Lipinski definition) is 3. The van der Waals surface area contributed by atoms with Crippen LogP contribution in [-0.4, -0.2) is 63.5 Å². The van der Waals surface area contributed by atoms with Crippen molar-refractivity contribution in [3.8, 4) is 0 Å². The number of H-pyrrole nitrogens is 1. The molecule has 172 valence electrons. The van der Waals surface area contributed by atoms with E-state index in [0.717, 1.165) is 10.6 Å². The van der Waals surface area contributed by atoms with Crippen molar-refractivity contribution in [2.45, 2.75) is 29.6 Å². The highest BCUT2D eigenvalue weighted by Gasteiger charge is 2.29. The van der Waals surface area contributed by atoms with Gasteiger partial charge in [-0.1, -0.05) is 0 Å².